The van der Waals surface area contributed by atoms with E-state index < -0.39 is 6.10 Å². The van der Waals surface area contributed by atoms with Crippen LogP contribution in [0.3, 0.4) is 0 Å². The van der Waals surface area contributed by atoms with E-state index in [0.29, 0.717) is 30.9 Å². The van der Waals surface area contributed by atoms with Gasteiger partial charge in [0.15, 0.2) is 11.9 Å². The standard InChI is InChI=1S/C17H19N5O2/c1-3-15-19-20-16-11-21(8-9-22(15)16)17(23)12(2)24-14-6-4-13(10-18)5-7-14/h4-7,12H,3,8-9,11H2,1-2H3/t12-/m1/s1. The molecule has 0 saturated heterocycles. The Kier molecular flexibility index (Phi) is 4.47. The predicted molar refractivity (Wildman–Crippen MR) is 86.1 cm³/mol. The fourth-order valence-corrected chi connectivity index (χ4v) is 2.79. The van der Waals surface area contributed by atoms with Crippen LogP contribution in [-0.4, -0.2) is 38.2 Å². The van der Waals surface area contributed by atoms with E-state index >= 15 is 0 Å². The van der Waals surface area contributed by atoms with Crippen molar-refractivity contribution in [1.82, 2.24) is 19.7 Å². The zero-order valence-electron chi connectivity index (χ0n) is 13.8. The number of nitriles is 1. The first-order valence-corrected chi connectivity index (χ1v) is 7.99. The van der Waals surface area contributed by atoms with Crippen LogP contribution in [0.1, 0.15) is 31.1 Å². The quantitative estimate of drug-likeness (QED) is 0.851. The minimum absolute atomic E-state index is 0.0772. The second-order valence-electron chi connectivity index (χ2n) is 5.69. The molecule has 1 aromatic carbocycles. The monoisotopic (exact) mass is 325 g/mol. The molecule has 0 unspecified atom stereocenters. The minimum atomic E-state index is -0.599. The van der Waals surface area contributed by atoms with Gasteiger partial charge in [0, 0.05) is 19.5 Å². The van der Waals surface area contributed by atoms with E-state index in [0.717, 1.165) is 18.1 Å². The van der Waals surface area contributed by atoms with Gasteiger partial charge in [-0.25, -0.2) is 0 Å². The first kappa shape index (κ1) is 16.0. The van der Waals surface area contributed by atoms with Crippen molar-refractivity contribution in [3.05, 3.63) is 41.5 Å². The SMILES string of the molecule is CCc1nnc2n1CCN(C(=O)[C@@H](C)Oc1ccc(C#N)cc1)C2. The van der Waals surface area contributed by atoms with Gasteiger partial charge in [-0.1, -0.05) is 6.92 Å². The maximum Gasteiger partial charge on any atom is 0.263 e. The molecule has 0 N–H and O–H groups in total. The Balaban J connectivity index is 1.64. The van der Waals surface area contributed by atoms with Crippen LogP contribution < -0.4 is 4.74 Å². The molecule has 3 rings (SSSR count). The molecule has 24 heavy (non-hydrogen) atoms. The van der Waals surface area contributed by atoms with E-state index in [-0.39, 0.29) is 5.91 Å². The summed E-state index contributed by atoms with van der Waals surface area (Å²) < 4.78 is 7.78. The lowest BCUT2D eigenvalue weighted by atomic mass is 10.2. The highest BCUT2D eigenvalue weighted by Crippen LogP contribution is 2.17. The zero-order chi connectivity index (χ0) is 17.1. The zero-order valence-corrected chi connectivity index (χ0v) is 13.8. The highest BCUT2D eigenvalue weighted by atomic mass is 16.5. The highest BCUT2D eigenvalue weighted by molar-refractivity contribution is 5.81. The molecule has 0 bridgehead atoms. The number of fused-ring (bicyclic) bond motifs is 1. The smallest absolute Gasteiger partial charge is 0.263 e. The van der Waals surface area contributed by atoms with Crippen molar-refractivity contribution < 1.29 is 9.53 Å². The third kappa shape index (κ3) is 3.08. The van der Waals surface area contributed by atoms with Gasteiger partial charge in [0.25, 0.3) is 5.91 Å². The van der Waals surface area contributed by atoms with Crippen LogP contribution in [0.4, 0.5) is 0 Å². The van der Waals surface area contributed by atoms with E-state index in [1.807, 2.05) is 6.92 Å². The molecule has 7 nitrogen and oxygen atoms in total. The highest BCUT2D eigenvalue weighted by Gasteiger charge is 2.28. The molecule has 124 valence electrons. The normalized spacial score (nSPS) is 14.6. The number of hydrogen-bond donors (Lipinski definition) is 0. The van der Waals surface area contributed by atoms with Crippen molar-refractivity contribution in [2.24, 2.45) is 0 Å². The number of nitrogens with zero attached hydrogens (tertiary/aromatic N) is 5. The Labute approximate surface area is 140 Å². The summed E-state index contributed by atoms with van der Waals surface area (Å²) in [5.74, 6) is 2.27. The molecule has 0 aliphatic carbocycles. The molecule has 0 radical (unpaired) electrons. The van der Waals surface area contributed by atoms with Gasteiger partial charge in [0.1, 0.15) is 11.6 Å². The molecule has 1 amide bonds. The van der Waals surface area contributed by atoms with Crippen LogP contribution in [0.15, 0.2) is 24.3 Å². The predicted octanol–water partition coefficient (Wildman–Crippen LogP) is 1.52. The third-order valence-electron chi connectivity index (χ3n) is 4.10. The number of aryl methyl sites for hydroxylation is 1. The Hall–Kier alpha value is -2.88. The summed E-state index contributed by atoms with van der Waals surface area (Å²) in [6.45, 7) is 5.56. The van der Waals surface area contributed by atoms with Crippen molar-refractivity contribution in [1.29, 1.82) is 5.26 Å². The molecule has 1 aliphatic heterocycles. The fourth-order valence-electron chi connectivity index (χ4n) is 2.79. The number of carbonyl (C=O) groups is 1. The molecule has 0 saturated carbocycles. The van der Waals surface area contributed by atoms with Crippen LogP contribution >= 0.6 is 0 Å². The van der Waals surface area contributed by atoms with Crippen molar-refractivity contribution in [2.75, 3.05) is 6.54 Å². The fraction of sp³-hybridized carbons (Fsp3) is 0.412. The summed E-state index contributed by atoms with van der Waals surface area (Å²) in [6.07, 6.45) is 0.233. The number of hydrogen-bond acceptors (Lipinski definition) is 5. The molecule has 0 spiro atoms. The Morgan fingerprint density at radius 1 is 1.33 bits per heavy atom. The van der Waals surface area contributed by atoms with Crippen molar-refractivity contribution in [3.63, 3.8) is 0 Å². The van der Waals surface area contributed by atoms with Crippen LogP contribution in [0.25, 0.3) is 0 Å². The third-order valence-corrected chi connectivity index (χ3v) is 4.10. The lowest BCUT2D eigenvalue weighted by Gasteiger charge is -2.30. The van der Waals surface area contributed by atoms with E-state index in [2.05, 4.69) is 20.8 Å². The molecular formula is C17H19N5O2. The first-order chi connectivity index (χ1) is 11.6. The van der Waals surface area contributed by atoms with Gasteiger partial charge in [0.2, 0.25) is 0 Å². The second kappa shape index (κ2) is 6.71. The average molecular weight is 325 g/mol. The maximum absolute atomic E-state index is 12.6. The van der Waals surface area contributed by atoms with E-state index in [9.17, 15) is 4.79 Å². The Bertz CT molecular complexity index is 775. The van der Waals surface area contributed by atoms with Gasteiger partial charge in [-0.05, 0) is 31.2 Å². The second-order valence-corrected chi connectivity index (χ2v) is 5.69. The van der Waals surface area contributed by atoms with Crippen molar-refractivity contribution in [3.8, 4) is 11.8 Å². The lowest BCUT2D eigenvalue weighted by Crippen LogP contribution is -2.44. The summed E-state index contributed by atoms with van der Waals surface area (Å²) in [4.78, 5) is 14.4. The summed E-state index contributed by atoms with van der Waals surface area (Å²) in [6, 6.07) is 8.78. The molecule has 2 heterocycles. The Morgan fingerprint density at radius 2 is 2.08 bits per heavy atom. The van der Waals surface area contributed by atoms with Crippen LogP contribution in [-0.2, 0) is 24.3 Å². The minimum Gasteiger partial charge on any atom is -0.481 e. The largest absolute Gasteiger partial charge is 0.481 e. The van der Waals surface area contributed by atoms with Gasteiger partial charge < -0.3 is 14.2 Å². The number of carbonyl (C=O) groups excluding carboxylic acids is 1. The summed E-state index contributed by atoms with van der Waals surface area (Å²) in [7, 11) is 0. The summed E-state index contributed by atoms with van der Waals surface area (Å²) >= 11 is 0. The number of rotatable bonds is 4. The Morgan fingerprint density at radius 3 is 2.75 bits per heavy atom. The molecule has 7 heteroatoms. The van der Waals surface area contributed by atoms with Gasteiger partial charge in [0.05, 0.1) is 18.2 Å². The molecule has 1 atom stereocenters. The van der Waals surface area contributed by atoms with Gasteiger partial charge >= 0.3 is 0 Å². The lowest BCUT2D eigenvalue weighted by molar-refractivity contribution is -0.139. The van der Waals surface area contributed by atoms with Crippen LogP contribution in [0.2, 0.25) is 0 Å². The van der Waals surface area contributed by atoms with E-state index in [4.69, 9.17) is 10.00 Å². The number of benzene rings is 1. The molecule has 2 aromatic rings. The van der Waals surface area contributed by atoms with Gasteiger partial charge in [-0.2, -0.15) is 5.26 Å². The molecule has 1 aliphatic rings. The molecule has 0 fully saturated rings. The van der Waals surface area contributed by atoms with Crippen LogP contribution in [0, 0.1) is 11.3 Å². The van der Waals surface area contributed by atoms with Crippen molar-refractivity contribution in [2.45, 2.75) is 39.5 Å². The average Bonchev–Trinajstić information content (AvgIpc) is 3.03. The number of ether oxygens (including phenoxy) is 1. The summed E-state index contributed by atoms with van der Waals surface area (Å²) in [5.41, 5.74) is 0.559. The molecular weight excluding hydrogens is 306 g/mol. The number of aromatic nitrogens is 3. The van der Waals surface area contributed by atoms with Crippen LogP contribution in [0.5, 0.6) is 5.75 Å². The number of amides is 1. The van der Waals surface area contributed by atoms with E-state index in [1.165, 1.54) is 0 Å². The maximum atomic E-state index is 12.6. The van der Waals surface area contributed by atoms with Gasteiger partial charge in [-0.15, -0.1) is 10.2 Å². The molecule has 1 aromatic heterocycles. The summed E-state index contributed by atoms with van der Waals surface area (Å²) in [5, 5.41) is 17.1. The van der Waals surface area contributed by atoms with Gasteiger partial charge in [-0.3, -0.25) is 4.79 Å². The van der Waals surface area contributed by atoms with E-state index in [1.54, 1.807) is 36.1 Å². The topological polar surface area (TPSA) is 84.0 Å². The first-order valence-electron chi connectivity index (χ1n) is 7.99. The van der Waals surface area contributed by atoms with Crippen molar-refractivity contribution >= 4 is 5.91 Å².